The second kappa shape index (κ2) is 7.72. The van der Waals surface area contributed by atoms with E-state index < -0.39 is 0 Å². The van der Waals surface area contributed by atoms with Crippen molar-refractivity contribution in [2.24, 2.45) is 5.92 Å². The first kappa shape index (κ1) is 21.5. The Balaban J connectivity index is 1.15. The Bertz CT molecular complexity index is 956. The maximum absolute atomic E-state index is 12.5. The molecule has 2 saturated heterocycles. The van der Waals surface area contributed by atoms with Crippen molar-refractivity contribution in [3.8, 4) is 0 Å². The number of piperidine rings is 2. The maximum Gasteiger partial charge on any atom is 0.410 e. The van der Waals surface area contributed by atoms with Gasteiger partial charge < -0.3 is 15.0 Å². The molecule has 2 spiro atoms. The lowest BCUT2D eigenvalue weighted by Gasteiger charge is -2.48. The van der Waals surface area contributed by atoms with Crippen molar-refractivity contribution in [3.05, 3.63) is 35.4 Å². The van der Waals surface area contributed by atoms with Gasteiger partial charge in [0.2, 0.25) is 5.91 Å². The number of hydrogen-bond donors (Lipinski definition) is 1. The van der Waals surface area contributed by atoms with Gasteiger partial charge in [0.05, 0.1) is 24.2 Å². The van der Waals surface area contributed by atoms with Gasteiger partial charge in [0.1, 0.15) is 0 Å². The summed E-state index contributed by atoms with van der Waals surface area (Å²) in [6.07, 6.45) is 9.28. The average molecular weight is 452 g/mol. The van der Waals surface area contributed by atoms with Crippen molar-refractivity contribution < 1.29 is 14.3 Å². The lowest BCUT2D eigenvalue weighted by atomic mass is 9.63. The van der Waals surface area contributed by atoms with E-state index in [0.717, 1.165) is 38.8 Å². The standard InChI is InChI=1S/C27H37N3O3/c1-3-33-25(32)30-24-9-8-19-16-20(17-27(19,24)30)29-14-12-26(13-15-29)11-10-23(28-18(2)31)21-6-4-5-7-22(21)26/h4-7,19-20,23-24H,3,8-17H2,1-2H3,(H,28,31)/t19?,20?,23-,24?,27?,30?/m0/s1. The lowest BCUT2D eigenvalue weighted by Crippen LogP contribution is -2.49. The maximum atomic E-state index is 12.5. The molecule has 0 bridgehead atoms. The van der Waals surface area contributed by atoms with Gasteiger partial charge in [0.25, 0.3) is 0 Å². The lowest BCUT2D eigenvalue weighted by molar-refractivity contribution is -0.119. The molecule has 1 N–H and O–H groups in total. The molecule has 6 rings (SSSR count). The van der Waals surface area contributed by atoms with Gasteiger partial charge in [0.15, 0.2) is 0 Å². The third kappa shape index (κ3) is 3.16. The summed E-state index contributed by atoms with van der Waals surface area (Å²) in [4.78, 5) is 29.1. The number of nitrogens with one attached hydrogen (secondary N) is 1. The largest absolute Gasteiger partial charge is 0.450 e. The molecule has 1 aromatic rings. The Hall–Kier alpha value is -2.08. The fourth-order valence-electron chi connectivity index (χ4n) is 8.37. The van der Waals surface area contributed by atoms with E-state index in [2.05, 4.69) is 39.4 Å². The van der Waals surface area contributed by atoms with Gasteiger partial charge in [-0.1, -0.05) is 24.3 Å². The predicted molar refractivity (Wildman–Crippen MR) is 126 cm³/mol. The molecule has 33 heavy (non-hydrogen) atoms. The smallest absolute Gasteiger partial charge is 0.410 e. The van der Waals surface area contributed by atoms with Crippen molar-refractivity contribution >= 4 is 12.0 Å². The summed E-state index contributed by atoms with van der Waals surface area (Å²) in [6.45, 7) is 6.25. The van der Waals surface area contributed by atoms with Crippen molar-refractivity contribution in [2.45, 2.75) is 94.3 Å². The molecule has 2 amide bonds. The summed E-state index contributed by atoms with van der Waals surface area (Å²) >= 11 is 0. The first-order chi connectivity index (χ1) is 16.0. The van der Waals surface area contributed by atoms with Crippen molar-refractivity contribution in [3.63, 3.8) is 0 Å². The quantitative estimate of drug-likeness (QED) is 0.702. The van der Waals surface area contributed by atoms with Crippen LogP contribution in [0, 0.1) is 5.92 Å². The van der Waals surface area contributed by atoms with E-state index >= 15 is 0 Å². The summed E-state index contributed by atoms with van der Waals surface area (Å²) < 4.78 is 5.37. The molecular weight excluding hydrogens is 414 g/mol. The van der Waals surface area contributed by atoms with Gasteiger partial charge in [-0.25, -0.2) is 4.79 Å². The summed E-state index contributed by atoms with van der Waals surface area (Å²) in [5.41, 5.74) is 3.14. The van der Waals surface area contributed by atoms with Crippen LogP contribution in [-0.2, 0) is 14.9 Å². The van der Waals surface area contributed by atoms with Gasteiger partial charge >= 0.3 is 6.09 Å². The van der Waals surface area contributed by atoms with E-state index in [4.69, 9.17) is 4.74 Å². The van der Waals surface area contributed by atoms with Crippen molar-refractivity contribution in [1.82, 2.24) is 15.1 Å². The Morgan fingerprint density at radius 2 is 1.91 bits per heavy atom. The second-order valence-electron chi connectivity index (χ2n) is 11.1. The average Bonchev–Trinajstić information content (AvgIpc) is 3.08. The summed E-state index contributed by atoms with van der Waals surface area (Å²) in [5, 5.41) is 3.18. The fraction of sp³-hybridized carbons (Fsp3) is 0.704. The number of likely N-dealkylation sites (tertiary alicyclic amines) is 2. The van der Waals surface area contributed by atoms with E-state index in [-0.39, 0.29) is 29.0 Å². The molecule has 2 aliphatic heterocycles. The number of rotatable bonds is 3. The number of carbonyl (C=O) groups is 2. The number of ether oxygens (including phenoxy) is 1. The molecule has 3 aliphatic carbocycles. The van der Waals surface area contributed by atoms with Gasteiger partial charge in [-0.05, 0) is 93.8 Å². The van der Waals surface area contributed by atoms with Crippen LogP contribution in [0.1, 0.15) is 82.4 Å². The minimum atomic E-state index is -0.0852. The van der Waals surface area contributed by atoms with Crippen LogP contribution in [0.5, 0.6) is 0 Å². The van der Waals surface area contributed by atoms with Gasteiger partial charge in [0, 0.05) is 13.0 Å². The Labute approximate surface area is 197 Å². The van der Waals surface area contributed by atoms with E-state index in [0.29, 0.717) is 24.6 Å². The van der Waals surface area contributed by atoms with Gasteiger partial charge in [-0.2, -0.15) is 0 Å². The number of fused-ring (bicyclic) bond motifs is 2. The third-order valence-electron chi connectivity index (χ3n) is 9.82. The molecule has 2 heterocycles. The summed E-state index contributed by atoms with van der Waals surface area (Å²) in [7, 11) is 0. The van der Waals surface area contributed by atoms with Crippen LogP contribution in [0.3, 0.4) is 0 Å². The summed E-state index contributed by atoms with van der Waals surface area (Å²) in [6, 6.07) is 9.98. The van der Waals surface area contributed by atoms with E-state index in [1.807, 2.05) is 6.92 Å². The predicted octanol–water partition coefficient (Wildman–Crippen LogP) is 4.14. The highest BCUT2D eigenvalue weighted by atomic mass is 16.6. The van der Waals surface area contributed by atoms with Crippen LogP contribution in [0.15, 0.2) is 24.3 Å². The zero-order valence-electron chi connectivity index (χ0n) is 20.0. The van der Waals surface area contributed by atoms with Crippen LogP contribution >= 0.6 is 0 Å². The van der Waals surface area contributed by atoms with Crippen molar-refractivity contribution in [1.29, 1.82) is 0 Å². The van der Waals surface area contributed by atoms with Crippen LogP contribution < -0.4 is 5.32 Å². The number of amides is 2. The SMILES string of the molecule is CCOC(=O)N1C2CCC3CC(N4CCC5(CC[C@H](NC(C)=O)c6ccccc65)CC4)CC321. The van der Waals surface area contributed by atoms with Gasteiger partial charge in [-0.15, -0.1) is 0 Å². The minimum absolute atomic E-state index is 0.0574. The highest BCUT2D eigenvalue weighted by Gasteiger charge is 2.75. The Morgan fingerprint density at radius 3 is 2.67 bits per heavy atom. The normalized spacial score (nSPS) is 36.1. The molecule has 5 aliphatic rings. The van der Waals surface area contributed by atoms with Crippen LogP contribution in [0.2, 0.25) is 0 Å². The van der Waals surface area contributed by atoms with E-state index in [9.17, 15) is 9.59 Å². The molecule has 2 saturated carbocycles. The molecule has 6 heteroatoms. The third-order valence-corrected chi connectivity index (χ3v) is 9.82. The van der Waals surface area contributed by atoms with Crippen LogP contribution in [-0.4, -0.2) is 59.1 Å². The molecule has 178 valence electrons. The van der Waals surface area contributed by atoms with Crippen LogP contribution in [0.25, 0.3) is 0 Å². The zero-order valence-corrected chi connectivity index (χ0v) is 20.0. The molecule has 4 unspecified atom stereocenters. The number of carbonyl (C=O) groups excluding carboxylic acids is 2. The van der Waals surface area contributed by atoms with E-state index in [1.165, 1.54) is 36.8 Å². The monoisotopic (exact) mass is 451 g/mol. The number of nitrogens with zero attached hydrogens (tertiary/aromatic N) is 2. The minimum Gasteiger partial charge on any atom is -0.450 e. The number of hydrogen-bond acceptors (Lipinski definition) is 4. The number of benzene rings is 1. The summed E-state index contributed by atoms with van der Waals surface area (Å²) in [5.74, 6) is 0.712. The molecule has 0 radical (unpaired) electrons. The Morgan fingerprint density at radius 1 is 1.12 bits per heavy atom. The molecule has 1 aromatic carbocycles. The molecule has 0 aromatic heterocycles. The topological polar surface area (TPSA) is 61.7 Å². The first-order valence-corrected chi connectivity index (χ1v) is 13.0. The highest BCUT2D eigenvalue weighted by Crippen LogP contribution is 2.65. The molecule has 4 fully saturated rings. The molecular formula is C27H37N3O3. The highest BCUT2D eigenvalue weighted by molar-refractivity contribution is 5.75. The molecule has 5 atom stereocenters. The van der Waals surface area contributed by atoms with Crippen molar-refractivity contribution in [2.75, 3.05) is 19.7 Å². The van der Waals surface area contributed by atoms with Gasteiger partial charge in [-0.3, -0.25) is 9.69 Å². The first-order valence-electron chi connectivity index (χ1n) is 13.0. The van der Waals surface area contributed by atoms with Crippen LogP contribution in [0.4, 0.5) is 4.79 Å². The Kier molecular flexibility index (Phi) is 5.02. The second-order valence-corrected chi connectivity index (χ2v) is 11.1. The zero-order chi connectivity index (χ0) is 22.8. The van der Waals surface area contributed by atoms with E-state index in [1.54, 1.807) is 6.92 Å². The molecule has 6 nitrogen and oxygen atoms in total. The fourth-order valence-corrected chi connectivity index (χ4v) is 8.37.